The van der Waals surface area contributed by atoms with Gasteiger partial charge in [-0.2, -0.15) is 0 Å². The van der Waals surface area contributed by atoms with Crippen LogP contribution in [-0.2, 0) is 61.9 Å². The predicted molar refractivity (Wildman–Crippen MR) is 228 cm³/mol. The molecule has 3 fully saturated rings. The Bertz CT molecular complexity index is 1830. The highest BCUT2D eigenvalue weighted by Gasteiger charge is 2.59. The van der Waals surface area contributed by atoms with E-state index in [0.29, 0.717) is 5.57 Å². The lowest BCUT2D eigenvalue weighted by molar-refractivity contribution is -0.348. The zero-order valence-corrected chi connectivity index (χ0v) is 38.5. The molecule has 358 valence electrons. The zero-order valence-electron chi connectivity index (χ0n) is 38.5. The Kier molecular flexibility index (Phi) is 18.3. The minimum atomic E-state index is -2.47. The van der Waals surface area contributed by atoms with Crippen molar-refractivity contribution in [3.8, 4) is 0 Å². The summed E-state index contributed by atoms with van der Waals surface area (Å²) in [5, 5.41) is 47.5. The number of methoxy groups -OCH3 is 2. The standard InChI is InChI=1S/C47H68O17/c1-10-11-12-13-14-15-39(51)62-43-31(22-41(53)58-9)21-34-25-37(28(2)48)61-42(54)24-32(50)23-35-26-38(59-29(3)49)45(6,7)46(55,63-35)27-36-19-30(20-40(52)57-8)18-33(60-36)16-17-44(4,5)47(43,56)64-34/h12-17,20,22,28,32-38,43,48,50,55-56H,10-11,18-19,21,23-27H2,1-9H3/b13-12+,15-14+,17-16+,30-20+,31-22+/t28-,32-,33+,34+,35-,36+,37-,38+,43?,46+,47-/m1/s1. The predicted octanol–water partition coefficient (Wildman–Crippen LogP) is 4.28. The van der Waals surface area contributed by atoms with Crippen molar-refractivity contribution in [3.05, 3.63) is 59.8 Å². The van der Waals surface area contributed by atoms with Crippen molar-refractivity contribution in [1.82, 2.24) is 0 Å². The van der Waals surface area contributed by atoms with Crippen LogP contribution in [0.4, 0.5) is 0 Å². The Morgan fingerprint density at radius 3 is 2.20 bits per heavy atom. The summed E-state index contributed by atoms with van der Waals surface area (Å²) in [5.41, 5.74) is -2.06. The summed E-state index contributed by atoms with van der Waals surface area (Å²) >= 11 is 0. The van der Waals surface area contributed by atoms with Gasteiger partial charge in [0.2, 0.25) is 5.79 Å². The van der Waals surface area contributed by atoms with Gasteiger partial charge in [-0.25, -0.2) is 14.4 Å². The van der Waals surface area contributed by atoms with Crippen LogP contribution >= 0.6 is 0 Å². The summed E-state index contributed by atoms with van der Waals surface area (Å²) in [6.07, 6.45) is 2.55. The number of cyclic esters (lactones) is 1. The number of unbranched alkanes of at least 4 members (excludes halogenated alkanes) is 1. The fourth-order valence-corrected chi connectivity index (χ4v) is 8.57. The van der Waals surface area contributed by atoms with E-state index in [1.165, 1.54) is 33.1 Å². The summed E-state index contributed by atoms with van der Waals surface area (Å²) in [5.74, 6) is -8.31. The van der Waals surface area contributed by atoms with Gasteiger partial charge in [0.25, 0.3) is 0 Å². The number of ether oxygens (including phenoxy) is 8. The Hall–Kier alpha value is -4.23. The second-order valence-electron chi connectivity index (χ2n) is 18.3. The highest BCUT2D eigenvalue weighted by atomic mass is 16.7. The van der Waals surface area contributed by atoms with Crippen molar-refractivity contribution in [2.45, 2.75) is 179 Å². The molecule has 4 rings (SSSR count). The van der Waals surface area contributed by atoms with Crippen LogP contribution in [-0.4, -0.2) is 131 Å². The monoisotopic (exact) mass is 904 g/mol. The molecule has 6 bridgehead atoms. The quantitative estimate of drug-likeness (QED) is 0.0830. The van der Waals surface area contributed by atoms with Crippen LogP contribution in [0.15, 0.2) is 59.8 Å². The minimum Gasteiger partial charge on any atom is -0.466 e. The summed E-state index contributed by atoms with van der Waals surface area (Å²) in [7, 11) is 2.40. The maximum absolute atomic E-state index is 13.4. The van der Waals surface area contributed by atoms with Crippen molar-refractivity contribution in [1.29, 1.82) is 0 Å². The van der Waals surface area contributed by atoms with Crippen molar-refractivity contribution in [2.75, 3.05) is 14.2 Å². The summed E-state index contributed by atoms with van der Waals surface area (Å²) in [6.45, 7) is 11.2. The average molecular weight is 905 g/mol. The van der Waals surface area contributed by atoms with Crippen LogP contribution in [0.3, 0.4) is 0 Å². The second kappa shape index (κ2) is 22.3. The van der Waals surface area contributed by atoms with Crippen LogP contribution in [0.2, 0.25) is 0 Å². The van der Waals surface area contributed by atoms with Gasteiger partial charge in [-0.05, 0) is 38.2 Å². The Labute approximate surface area is 375 Å². The second-order valence-corrected chi connectivity index (χ2v) is 18.3. The van der Waals surface area contributed by atoms with Gasteiger partial charge in [-0.15, -0.1) is 0 Å². The van der Waals surface area contributed by atoms with Gasteiger partial charge in [0.05, 0.1) is 62.7 Å². The van der Waals surface area contributed by atoms with Crippen molar-refractivity contribution in [2.24, 2.45) is 10.8 Å². The number of aliphatic hydroxyl groups excluding tert-OH is 2. The number of hydrogen-bond acceptors (Lipinski definition) is 17. The molecule has 0 amide bonds. The molecule has 17 heteroatoms. The van der Waals surface area contributed by atoms with E-state index in [9.17, 15) is 44.4 Å². The maximum atomic E-state index is 13.4. The molecule has 4 N–H and O–H groups in total. The van der Waals surface area contributed by atoms with Crippen molar-refractivity contribution < 1.29 is 82.3 Å². The molecule has 64 heavy (non-hydrogen) atoms. The third kappa shape index (κ3) is 13.4. The molecular weight excluding hydrogens is 836 g/mol. The molecule has 0 saturated carbocycles. The molecule has 0 aliphatic carbocycles. The molecule has 4 aliphatic heterocycles. The molecule has 0 radical (unpaired) electrons. The SMILES string of the molecule is CCC/C=C/C=C/C(=O)OC1/C(=C/C(=O)OC)C[C@H]2C[C@H]([C@@H](C)O)OC(=O)C[C@H](O)C[C@@H]3C[C@H](OC(C)=O)C(C)(C)[C@](O)(C[C@@H]4C/C(=C/C(=O)OC)C[C@H](/C=C/C(C)(C)[C@]1(O)O2)O4)O3. The lowest BCUT2D eigenvalue weighted by Gasteiger charge is -2.53. The van der Waals surface area contributed by atoms with Gasteiger partial charge in [-0.1, -0.05) is 77.0 Å². The summed E-state index contributed by atoms with van der Waals surface area (Å²) < 4.78 is 46.7. The van der Waals surface area contributed by atoms with E-state index in [4.69, 9.17) is 37.9 Å². The van der Waals surface area contributed by atoms with E-state index < -0.39 is 114 Å². The van der Waals surface area contributed by atoms with Crippen LogP contribution in [0, 0.1) is 10.8 Å². The lowest BCUT2D eigenvalue weighted by atomic mass is 9.70. The molecule has 4 heterocycles. The van der Waals surface area contributed by atoms with Crippen molar-refractivity contribution >= 4 is 29.8 Å². The highest BCUT2D eigenvalue weighted by molar-refractivity contribution is 5.85. The Morgan fingerprint density at radius 1 is 0.875 bits per heavy atom. The molecule has 17 nitrogen and oxygen atoms in total. The van der Waals surface area contributed by atoms with Gasteiger partial charge in [0.15, 0.2) is 11.9 Å². The summed E-state index contributed by atoms with van der Waals surface area (Å²) in [6, 6.07) is 0. The molecule has 1 unspecified atom stereocenters. The molecule has 4 aliphatic rings. The van der Waals surface area contributed by atoms with Crippen LogP contribution < -0.4 is 0 Å². The number of esters is 5. The number of allylic oxidation sites excluding steroid dienone is 3. The third-order valence-electron chi connectivity index (χ3n) is 12.4. The van der Waals surface area contributed by atoms with Gasteiger partial charge in [0.1, 0.15) is 12.2 Å². The fourth-order valence-electron chi connectivity index (χ4n) is 8.57. The number of carbonyl (C=O) groups is 5. The van der Waals surface area contributed by atoms with Crippen molar-refractivity contribution in [3.63, 3.8) is 0 Å². The number of fused-ring (bicyclic) bond motifs is 6. The largest absolute Gasteiger partial charge is 0.466 e. The van der Waals surface area contributed by atoms with Gasteiger partial charge in [0, 0.05) is 56.3 Å². The molecule has 3 saturated heterocycles. The van der Waals surface area contributed by atoms with E-state index >= 15 is 0 Å². The number of hydrogen-bond donors (Lipinski definition) is 4. The topological polar surface area (TPSA) is 240 Å². The first-order chi connectivity index (χ1) is 29.9. The first-order valence-corrected chi connectivity index (χ1v) is 21.9. The molecular formula is C47H68O17. The smallest absolute Gasteiger partial charge is 0.331 e. The number of aliphatic hydroxyl groups is 4. The van der Waals surface area contributed by atoms with E-state index in [-0.39, 0.29) is 50.5 Å². The minimum absolute atomic E-state index is 0.0721. The molecule has 0 aromatic rings. The van der Waals surface area contributed by atoms with Crippen LogP contribution in [0.5, 0.6) is 0 Å². The molecule has 0 aromatic heterocycles. The number of carbonyl (C=O) groups excluding carboxylic acids is 5. The fraction of sp³-hybridized carbons (Fsp3) is 0.681. The van der Waals surface area contributed by atoms with E-state index in [0.717, 1.165) is 32.1 Å². The maximum Gasteiger partial charge on any atom is 0.331 e. The van der Waals surface area contributed by atoms with Crippen LogP contribution in [0.25, 0.3) is 0 Å². The van der Waals surface area contributed by atoms with E-state index in [2.05, 4.69) is 0 Å². The molecule has 0 aromatic carbocycles. The van der Waals surface area contributed by atoms with E-state index in [1.54, 1.807) is 45.9 Å². The zero-order chi connectivity index (χ0) is 47.6. The van der Waals surface area contributed by atoms with E-state index in [1.807, 2.05) is 13.0 Å². The normalized spacial score (nSPS) is 35.8. The third-order valence-corrected chi connectivity index (χ3v) is 12.4. The lowest BCUT2D eigenvalue weighted by Crippen LogP contribution is -2.62. The van der Waals surface area contributed by atoms with Gasteiger partial charge in [-0.3, -0.25) is 9.59 Å². The summed E-state index contributed by atoms with van der Waals surface area (Å²) in [4.78, 5) is 64.7. The first-order valence-electron chi connectivity index (χ1n) is 21.9. The molecule has 0 spiro atoms. The average Bonchev–Trinajstić information content (AvgIpc) is 3.19. The molecule has 11 atom stereocenters. The van der Waals surface area contributed by atoms with Gasteiger partial charge >= 0.3 is 29.8 Å². The highest BCUT2D eigenvalue weighted by Crippen LogP contribution is 2.50. The first kappa shape index (κ1) is 52.4. The number of rotatable bonds is 9. The van der Waals surface area contributed by atoms with Gasteiger partial charge < -0.3 is 58.3 Å². The Morgan fingerprint density at radius 2 is 1.56 bits per heavy atom. The Balaban J connectivity index is 1.89. The van der Waals surface area contributed by atoms with Crippen LogP contribution in [0.1, 0.15) is 113 Å².